The standard InChI is InChI=1S/C63H122O17P2/c1-7-9-11-13-15-17-22-26-33-39-45-60(65)73-51-58(79-63(68)48-42-36-28-24-20-19-21-25-31-37-43-55(3)4)53-77-81(69,70)75-49-57(64)50-76-82(71,72)78-54-59(52-74-61(66)46-40-34-30-29-32-38-44-56(5)6)80-62(67)47-41-35-27-23-18-16-14-12-10-8-2/h55-59,64H,7-54H2,1-6H3,(H,69,70)(H,71,72)/t57-,58-,59-/m1/s1. The van der Waals surface area contributed by atoms with Crippen molar-refractivity contribution in [2.45, 2.75) is 330 Å². The molecular formula is C63H122O17P2. The normalized spacial score (nSPS) is 14.3. The van der Waals surface area contributed by atoms with E-state index >= 15 is 0 Å². The summed E-state index contributed by atoms with van der Waals surface area (Å²) in [6.45, 7) is 9.38. The third kappa shape index (κ3) is 57.2. The Balaban J connectivity index is 5.23. The Hall–Kier alpha value is -1.94. The first kappa shape index (κ1) is 80.1. The highest BCUT2D eigenvalue weighted by Crippen LogP contribution is 2.45. The van der Waals surface area contributed by atoms with E-state index in [1.807, 2.05) is 0 Å². The molecule has 0 radical (unpaired) electrons. The van der Waals surface area contributed by atoms with Crippen LogP contribution in [-0.4, -0.2) is 96.7 Å². The summed E-state index contributed by atoms with van der Waals surface area (Å²) in [4.78, 5) is 72.1. The summed E-state index contributed by atoms with van der Waals surface area (Å²) >= 11 is 0. The molecule has 0 fully saturated rings. The molecule has 19 heteroatoms. The van der Waals surface area contributed by atoms with E-state index in [1.54, 1.807) is 0 Å². The fraction of sp³-hybridized carbons (Fsp3) is 0.937. The number of phosphoric acid groups is 2. The van der Waals surface area contributed by atoms with E-state index in [0.29, 0.717) is 31.6 Å². The Labute approximate surface area is 498 Å². The molecule has 2 unspecified atom stereocenters. The minimum Gasteiger partial charge on any atom is -0.462 e. The van der Waals surface area contributed by atoms with Crippen molar-refractivity contribution in [1.29, 1.82) is 0 Å². The second-order valence-corrected chi connectivity index (χ2v) is 26.7. The average molecular weight is 1210 g/mol. The third-order valence-corrected chi connectivity index (χ3v) is 16.4. The van der Waals surface area contributed by atoms with Gasteiger partial charge < -0.3 is 33.8 Å². The van der Waals surface area contributed by atoms with Crippen LogP contribution in [0.2, 0.25) is 0 Å². The second kappa shape index (κ2) is 55.6. The molecular weight excluding hydrogens is 1090 g/mol. The first-order valence-corrected chi connectivity index (χ1v) is 36.0. The fourth-order valence-electron chi connectivity index (χ4n) is 9.35. The first-order valence-electron chi connectivity index (χ1n) is 33.0. The smallest absolute Gasteiger partial charge is 0.462 e. The van der Waals surface area contributed by atoms with Crippen molar-refractivity contribution in [2.75, 3.05) is 39.6 Å². The minimum absolute atomic E-state index is 0.105. The fourth-order valence-corrected chi connectivity index (χ4v) is 10.9. The van der Waals surface area contributed by atoms with Gasteiger partial charge in [-0.3, -0.25) is 37.3 Å². The number of ether oxygens (including phenoxy) is 4. The number of unbranched alkanes of at least 4 members (excludes halogenated alkanes) is 32. The summed E-state index contributed by atoms with van der Waals surface area (Å²) in [5, 5.41) is 10.5. The Morgan fingerprint density at radius 3 is 0.829 bits per heavy atom. The van der Waals surface area contributed by atoms with E-state index in [2.05, 4.69) is 41.5 Å². The highest BCUT2D eigenvalue weighted by atomic mass is 31.2. The van der Waals surface area contributed by atoms with Crippen LogP contribution >= 0.6 is 15.6 Å². The van der Waals surface area contributed by atoms with Gasteiger partial charge in [0.05, 0.1) is 26.4 Å². The topological polar surface area (TPSA) is 237 Å². The van der Waals surface area contributed by atoms with E-state index in [4.69, 9.17) is 37.0 Å². The number of hydrogen-bond acceptors (Lipinski definition) is 15. The van der Waals surface area contributed by atoms with Crippen molar-refractivity contribution in [3.05, 3.63) is 0 Å². The lowest BCUT2D eigenvalue weighted by molar-refractivity contribution is -0.161. The molecule has 0 aromatic rings. The van der Waals surface area contributed by atoms with Gasteiger partial charge in [0.2, 0.25) is 0 Å². The summed E-state index contributed by atoms with van der Waals surface area (Å²) in [6.07, 6.45) is 37.6. The zero-order valence-corrected chi connectivity index (χ0v) is 54.6. The van der Waals surface area contributed by atoms with Crippen LogP contribution in [0.15, 0.2) is 0 Å². The third-order valence-electron chi connectivity index (χ3n) is 14.5. The van der Waals surface area contributed by atoms with Gasteiger partial charge >= 0.3 is 39.5 Å². The molecule has 0 spiro atoms. The summed E-state index contributed by atoms with van der Waals surface area (Å²) in [5.41, 5.74) is 0. The zero-order chi connectivity index (χ0) is 60.8. The highest BCUT2D eigenvalue weighted by molar-refractivity contribution is 7.47. The van der Waals surface area contributed by atoms with E-state index in [1.165, 1.54) is 122 Å². The maximum absolute atomic E-state index is 13.0. The van der Waals surface area contributed by atoms with Crippen molar-refractivity contribution >= 4 is 39.5 Å². The minimum atomic E-state index is -4.94. The Bertz CT molecular complexity index is 1620. The molecule has 0 aliphatic heterocycles. The lowest BCUT2D eigenvalue weighted by atomic mass is 10.0. The molecule has 5 atom stereocenters. The summed E-state index contributed by atoms with van der Waals surface area (Å²) in [6, 6.07) is 0. The highest BCUT2D eigenvalue weighted by Gasteiger charge is 2.30. The van der Waals surface area contributed by atoms with Crippen molar-refractivity contribution in [1.82, 2.24) is 0 Å². The number of esters is 4. The second-order valence-electron chi connectivity index (χ2n) is 23.7. The SMILES string of the molecule is CCCCCCCCCCCCC(=O)OC[C@H](COP(=O)(O)OC[C@@H](O)COP(=O)(O)OC[C@@H](COC(=O)CCCCCCCCC(C)C)OC(=O)CCCCCCCCCCCC)OC(=O)CCCCCCCCCCCCC(C)C. The number of aliphatic hydroxyl groups is 1. The predicted molar refractivity (Wildman–Crippen MR) is 326 cm³/mol. The molecule has 486 valence electrons. The predicted octanol–water partition coefficient (Wildman–Crippen LogP) is 17.3. The van der Waals surface area contributed by atoms with Gasteiger partial charge in [0.1, 0.15) is 19.3 Å². The Morgan fingerprint density at radius 2 is 0.561 bits per heavy atom. The van der Waals surface area contributed by atoms with Gasteiger partial charge in [-0.1, -0.05) is 260 Å². The van der Waals surface area contributed by atoms with E-state index < -0.39 is 97.5 Å². The molecule has 0 aliphatic carbocycles. The van der Waals surface area contributed by atoms with Crippen LogP contribution in [0.5, 0.6) is 0 Å². The maximum atomic E-state index is 13.0. The van der Waals surface area contributed by atoms with E-state index in [-0.39, 0.29) is 25.7 Å². The Morgan fingerprint density at radius 1 is 0.329 bits per heavy atom. The summed E-state index contributed by atoms with van der Waals surface area (Å²) < 4.78 is 67.9. The van der Waals surface area contributed by atoms with Crippen LogP contribution in [0.3, 0.4) is 0 Å². The van der Waals surface area contributed by atoms with Gasteiger partial charge in [0.25, 0.3) is 0 Å². The number of phosphoric ester groups is 2. The molecule has 0 aliphatic rings. The van der Waals surface area contributed by atoms with Crippen LogP contribution < -0.4 is 0 Å². The number of carbonyl (C=O) groups is 4. The molecule has 0 saturated carbocycles. The lowest BCUT2D eigenvalue weighted by Gasteiger charge is -2.21. The largest absolute Gasteiger partial charge is 0.472 e. The molecule has 0 amide bonds. The number of carbonyl (C=O) groups excluding carboxylic acids is 4. The van der Waals surface area contributed by atoms with Gasteiger partial charge in [-0.25, -0.2) is 9.13 Å². The van der Waals surface area contributed by atoms with Gasteiger partial charge in [0.15, 0.2) is 12.2 Å². The molecule has 0 saturated heterocycles. The van der Waals surface area contributed by atoms with Crippen molar-refractivity contribution in [3.63, 3.8) is 0 Å². The number of rotatable bonds is 62. The van der Waals surface area contributed by atoms with Crippen LogP contribution in [0.4, 0.5) is 0 Å². The molecule has 82 heavy (non-hydrogen) atoms. The Kier molecular flexibility index (Phi) is 54.3. The van der Waals surface area contributed by atoms with Crippen molar-refractivity contribution < 1.29 is 80.2 Å². The van der Waals surface area contributed by atoms with Crippen molar-refractivity contribution in [3.8, 4) is 0 Å². The zero-order valence-electron chi connectivity index (χ0n) is 52.8. The van der Waals surface area contributed by atoms with Gasteiger partial charge in [-0.2, -0.15) is 0 Å². The number of hydrogen-bond donors (Lipinski definition) is 3. The monoisotopic (exact) mass is 1210 g/mol. The molecule has 0 heterocycles. The quantitative estimate of drug-likeness (QED) is 0.0222. The average Bonchev–Trinajstić information content (AvgIpc) is 3.45. The molecule has 0 rings (SSSR count). The van der Waals surface area contributed by atoms with Crippen molar-refractivity contribution in [2.24, 2.45) is 11.8 Å². The summed E-state index contributed by atoms with van der Waals surface area (Å²) in [7, 11) is -9.88. The number of aliphatic hydroxyl groups excluding tert-OH is 1. The lowest BCUT2D eigenvalue weighted by Crippen LogP contribution is -2.30. The van der Waals surface area contributed by atoms with Crippen LogP contribution in [0.25, 0.3) is 0 Å². The van der Waals surface area contributed by atoms with Crippen LogP contribution in [0, 0.1) is 11.8 Å². The maximum Gasteiger partial charge on any atom is 0.472 e. The van der Waals surface area contributed by atoms with E-state index in [9.17, 15) is 43.2 Å². The molecule has 17 nitrogen and oxygen atoms in total. The molecule has 0 aromatic carbocycles. The van der Waals surface area contributed by atoms with Gasteiger partial charge in [-0.15, -0.1) is 0 Å². The van der Waals surface area contributed by atoms with E-state index in [0.717, 1.165) is 102 Å². The van der Waals surface area contributed by atoms with Gasteiger partial charge in [0, 0.05) is 25.7 Å². The first-order chi connectivity index (χ1) is 39.4. The van der Waals surface area contributed by atoms with Crippen LogP contribution in [-0.2, 0) is 65.4 Å². The molecule has 0 aromatic heterocycles. The van der Waals surface area contributed by atoms with Gasteiger partial charge in [-0.05, 0) is 37.5 Å². The molecule has 0 bridgehead atoms. The summed E-state index contributed by atoms with van der Waals surface area (Å²) in [5.74, 6) is -0.705. The van der Waals surface area contributed by atoms with Crippen LogP contribution in [0.1, 0.15) is 311 Å². The molecule has 3 N–H and O–H groups in total.